The summed E-state index contributed by atoms with van der Waals surface area (Å²) >= 11 is 0.827. The van der Waals surface area contributed by atoms with Crippen molar-refractivity contribution in [2.75, 3.05) is 37.4 Å². The molecular weight excluding hydrogens is 444 g/mol. The first-order valence-electron chi connectivity index (χ1n) is 9.22. The molecule has 0 spiro atoms. The number of methoxy groups -OCH3 is 1. The molecule has 32 heavy (non-hydrogen) atoms. The average Bonchev–Trinajstić information content (AvgIpc) is 3.08. The fourth-order valence-corrected chi connectivity index (χ4v) is 3.58. The van der Waals surface area contributed by atoms with Gasteiger partial charge in [-0.2, -0.15) is 10.5 Å². The highest BCUT2D eigenvalue weighted by Gasteiger charge is 2.15. The van der Waals surface area contributed by atoms with Crippen molar-refractivity contribution in [2.24, 2.45) is 0 Å². The number of amides is 1. The summed E-state index contributed by atoms with van der Waals surface area (Å²) in [4.78, 5) is 28.7. The number of ether oxygens (including phenoxy) is 1. The molecule has 2 rings (SSSR count). The topological polar surface area (TPSA) is 145 Å². The van der Waals surface area contributed by atoms with Gasteiger partial charge in [0.15, 0.2) is 28.8 Å². The van der Waals surface area contributed by atoms with Crippen LogP contribution in [0.25, 0.3) is 11.8 Å². The minimum Gasteiger partial charge on any atom is -0.383 e. The zero-order chi connectivity index (χ0) is 23.7. The van der Waals surface area contributed by atoms with Crippen molar-refractivity contribution in [1.29, 1.82) is 10.5 Å². The van der Waals surface area contributed by atoms with Gasteiger partial charge < -0.3 is 20.7 Å². The van der Waals surface area contributed by atoms with E-state index in [1.165, 1.54) is 11.7 Å². The third-order valence-electron chi connectivity index (χ3n) is 3.97. The van der Waals surface area contributed by atoms with Crippen molar-refractivity contribution in [3.63, 3.8) is 0 Å². The molecule has 2 aromatic rings. The predicted octanol–water partition coefficient (Wildman–Crippen LogP) is -0.175. The van der Waals surface area contributed by atoms with Crippen LogP contribution in [0.4, 0.5) is 20.4 Å². The quantitative estimate of drug-likeness (QED) is 0.343. The fourth-order valence-electron chi connectivity index (χ4n) is 2.49. The Kier molecular flexibility index (Phi) is 8.83. The van der Waals surface area contributed by atoms with Gasteiger partial charge in [0.1, 0.15) is 21.8 Å². The largest absolute Gasteiger partial charge is 0.383 e. The third kappa shape index (κ3) is 5.66. The Labute approximate surface area is 185 Å². The first-order valence-corrected chi connectivity index (χ1v) is 10.0. The molecule has 0 aliphatic heterocycles. The summed E-state index contributed by atoms with van der Waals surface area (Å²) in [6, 6.07) is 4.11. The smallest absolute Gasteiger partial charge is 0.270 e. The zero-order valence-corrected chi connectivity index (χ0v) is 18.0. The molecule has 2 aromatic heterocycles. The number of anilines is 2. The number of nitrogens with one attached hydrogen (secondary N) is 3. The molecule has 3 N–H and O–H groups in total. The van der Waals surface area contributed by atoms with Gasteiger partial charge in [0, 0.05) is 32.5 Å². The van der Waals surface area contributed by atoms with E-state index in [1.54, 1.807) is 19.1 Å². The molecule has 0 aliphatic rings. The van der Waals surface area contributed by atoms with Crippen molar-refractivity contribution < 1.29 is 18.3 Å². The van der Waals surface area contributed by atoms with Crippen LogP contribution < -0.4 is 30.7 Å². The van der Waals surface area contributed by atoms with Gasteiger partial charge in [-0.15, -0.1) is 11.3 Å². The van der Waals surface area contributed by atoms with Crippen molar-refractivity contribution in [3.05, 3.63) is 37.2 Å². The van der Waals surface area contributed by atoms with Crippen molar-refractivity contribution >= 4 is 40.7 Å². The first kappa shape index (κ1) is 24.5. The molecule has 0 radical (unpaired) electrons. The van der Waals surface area contributed by atoms with Crippen LogP contribution in [-0.2, 0) is 16.1 Å². The van der Waals surface area contributed by atoms with Gasteiger partial charge >= 0.3 is 0 Å². The number of nitriles is 2. The average molecular weight is 463 g/mol. The molecule has 0 fully saturated rings. The number of thiazole rings is 1. The van der Waals surface area contributed by atoms with Crippen LogP contribution in [0.1, 0.15) is 6.92 Å². The highest BCUT2D eigenvalue weighted by atomic mass is 32.1. The molecule has 10 nitrogen and oxygen atoms in total. The molecule has 2 heterocycles. The minimum atomic E-state index is -0.983. The Morgan fingerprint density at radius 3 is 2.69 bits per heavy atom. The normalized spacial score (nSPS) is 12.0. The number of nitrogens with zero attached hydrogens (tertiary/aromatic N) is 4. The van der Waals surface area contributed by atoms with Crippen molar-refractivity contribution in [3.8, 4) is 12.1 Å². The maximum atomic E-state index is 14.1. The summed E-state index contributed by atoms with van der Waals surface area (Å²) in [6.07, 6.45) is 1.16. The molecule has 0 atom stereocenters. The monoisotopic (exact) mass is 463 g/mol. The lowest BCUT2D eigenvalue weighted by molar-refractivity contribution is -0.115. The SMILES string of the molecule is CCn1c(=O)/c(=C\Nc2nc(NCCOC)c(F)cc2F)s/c1=C(/C#N)C(=O)NCC#N. The molecule has 0 saturated heterocycles. The Hall–Kier alpha value is -3.81. The standard InChI is InChI=1S/C19H19F2N7O3S/c1-3-28-18(30)14(32-19(28)11(9-23)17(29)25-5-4-22)10-26-16-13(21)8-12(20)15(27-16)24-6-7-31-2/h8,10H,3,5-7H2,1-2H3,(H,25,29)(H2,24,26,27)/b14-10+,19-11-. The van der Waals surface area contributed by atoms with E-state index in [9.17, 15) is 23.6 Å². The van der Waals surface area contributed by atoms with E-state index >= 15 is 0 Å². The molecule has 1 amide bonds. The number of carbonyl (C=O) groups is 1. The number of pyridine rings is 1. The van der Waals surface area contributed by atoms with E-state index < -0.39 is 23.1 Å². The number of aromatic nitrogens is 2. The number of rotatable bonds is 9. The molecule has 13 heteroatoms. The highest BCUT2D eigenvalue weighted by Crippen LogP contribution is 2.18. The molecule has 0 saturated carbocycles. The van der Waals surface area contributed by atoms with Crippen LogP contribution in [0, 0.1) is 34.3 Å². The summed E-state index contributed by atoms with van der Waals surface area (Å²) < 4.78 is 34.2. The number of carbonyl (C=O) groups excluding carboxylic acids is 1. The summed E-state index contributed by atoms with van der Waals surface area (Å²) in [5, 5.41) is 25.4. The molecule has 0 unspecified atom stereocenters. The van der Waals surface area contributed by atoms with Gasteiger partial charge in [-0.05, 0) is 6.92 Å². The molecular formula is C19H19F2N7O3S. The number of hydrogen-bond acceptors (Lipinski definition) is 9. The second kappa shape index (κ2) is 11.5. The van der Waals surface area contributed by atoms with Crippen LogP contribution in [-0.4, -0.2) is 42.3 Å². The van der Waals surface area contributed by atoms with Gasteiger partial charge in [-0.3, -0.25) is 14.2 Å². The van der Waals surface area contributed by atoms with Crippen LogP contribution in [0.3, 0.4) is 0 Å². The van der Waals surface area contributed by atoms with E-state index in [0.717, 1.165) is 17.5 Å². The third-order valence-corrected chi connectivity index (χ3v) is 5.10. The minimum absolute atomic E-state index is 0.0575. The lowest BCUT2D eigenvalue weighted by atomic mass is 10.3. The molecule has 0 aliphatic carbocycles. The first-order chi connectivity index (χ1) is 15.4. The number of hydrogen-bond donors (Lipinski definition) is 3. The summed E-state index contributed by atoms with van der Waals surface area (Å²) in [5.41, 5.74) is -0.860. The Morgan fingerprint density at radius 2 is 2.06 bits per heavy atom. The Bertz CT molecular complexity index is 1260. The van der Waals surface area contributed by atoms with E-state index in [0.29, 0.717) is 6.07 Å². The van der Waals surface area contributed by atoms with Gasteiger partial charge in [-0.25, -0.2) is 13.8 Å². The lowest BCUT2D eigenvalue weighted by Gasteiger charge is -2.09. The second-order valence-electron chi connectivity index (χ2n) is 6.01. The van der Waals surface area contributed by atoms with Gasteiger partial charge in [-0.1, -0.05) is 0 Å². The van der Waals surface area contributed by atoms with E-state index in [1.807, 2.05) is 0 Å². The van der Waals surface area contributed by atoms with E-state index in [4.69, 9.17) is 10.00 Å². The van der Waals surface area contributed by atoms with Crippen LogP contribution in [0.15, 0.2) is 10.9 Å². The Balaban J connectivity index is 2.49. The maximum Gasteiger partial charge on any atom is 0.270 e. The van der Waals surface area contributed by atoms with Crippen LogP contribution >= 0.6 is 11.3 Å². The van der Waals surface area contributed by atoms with Gasteiger partial charge in [0.2, 0.25) is 0 Å². The summed E-state index contributed by atoms with van der Waals surface area (Å²) in [6.45, 7) is 2.03. The fraction of sp³-hybridized carbons (Fsp3) is 0.316. The number of halogens is 2. The van der Waals surface area contributed by atoms with Crippen molar-refractivity contribution in [2.45, 2.75) is 13.5 Å². The van der Waals surface area contributed by atoms with Gasteiger partial charge in [0.25, 0.3) is 11.5 Å². The predicted molar refractivity (Wildman–Crippen MR) is 114 cm³/mol. The lowest BCUT2D eigenvalue weighted by Crippen LogP contribution is -2.34. The van der Waals surface area contributed by atoms with Crippen molar-refractivity contribution in [1.82, 2.24) is 14.9 Å². The van der Waals surface area contributed by atoms with E-state index in [-0.39, 0.29) is 52.6 Å². The highest BCUT2D eigenvalue weighted by molar-refractivity contribution is 7.07. The molecule has 0 bridgehead atoms. The van der Waals surface area contributed by atoms with Crippen LogP contribution in [0.5, 0.6) is 0 Å². The molecule has 0 aromatic carbocycles. The van der Waals surface area contributed by atoms with Crippen LogP contribution in [0.2, 0.25) is 0 Å². The van der Waals surface area contributed by atoms with E-state index in [2.05, 4.69) is 20.9 Å². The molecule has 168 valence electrons. The summed E-state index contributed by atoms with van der Waals surface area (Å²) in [7, 11) is 1.47. The zero-order valence-electron chi connectivity index (χ0n) is 17.2. The second-order valence-corrected chi connectivity index (χ2v) is 7.04. The maximum absolute atomic E-state index is 14.1. The Morgan fingerprint density at radius 1 is 1.34 bits per heavy atom. The summed E-state index contributed by atoms with van der Waals surface area (Å²) in [5.74, 6) is -3.21. The van der Waals surface area contributed by atoms with Gasteiger partial charge in [0.05, 0.1) is 12.7 Å².